The van der Waals surface area contributed by atoms with Gasteiger partial charge in [-0.25, -0.2) is 0 Å². The van der Waals surface area contributed by atoms with Gasteiger partial charge in [0.05, 0.1) is 0 Å². The number of nitrogens with zero attached hydrogens (tertiary/aromatic N) is 1. The Hall–Kier alpha value is -2.00. The molecule has 3 heteroatoms. The number of phenolic OH excluding ortho intramolecular Hbond substituents is 1. The number of phenols is 1. The molecule has 0 aromatic heterocycles. The summed E-state index contributed by atoms with van der Waals surface area (Å²) >= 11 is 0. The predicted octanol–water partition coefficient (Wildman–Crippen LogP) is 2.53. The van der Waals surface area contributed by atoms with E-state index in [-0.39, 0.29) is 0 Å². The SMILES string of the molecule is Nc1ccc2c(c1)CN(Cc1ccc(O)cc1)CC2. The lowest BCUT2D eigenvalue weighted by Gasteiger charge is -2.29. The first-order chi connectivity index (χ1) is 9.20. The molecule has 2 aromatic rings. The summed E-state index contributed by atoms with van der Waals surface area (Å²) in [7, 11) is 0. The first-order valence-electron chi connectivity index (χ1n) is 6.58. The first kappa shape index (κ1) is 12.1. The Morgan fingerprint density at radius 2 is 1.84 bits per heavy atom. The van der Waals surface area contributed by atoms with E-state index in [0.717, 1.165) is 31.7 Å². The molecule has 0 atom stereocenters. The van der Waals surface area contributed by atoms with Crippen molar-refractivity contribution in [3.63, 3.8) is 0 Å². The van der Waals surface area contributed by atoms with E-state index < -0.39 is 0 Å². The van der Waals surface area contributed by atoms with Crippen LogP contribution in [-0.2, 0) is 19.5 Å². The number of hydrogen-bond acceptors (Lipinski definition) is 3. The van der Waals surface area contributed by atoms with E-state index in [2.05, 4.69) is 17.0 Å². The molecular formula is C16H18N2O. The van der Waals surface area contributed by atoms with Crippen molar-refractivity contribution in [2.24, 2.45) is 0 Å². The van der Waals surface area contributed by atoms with Gasteiger partial charge in [-0.1, -0.05) is 18.2 Å². The van der Waals surface area contributed by atoms with Gasteiger partial charge in [0.1, 0.15) is 5.75 Å². The van der Waals surface area contributed by atoms with Crippen LogP contribution in [0, 0.1) is 0 Å². The predicted molar refractivity (Wildman–Crippen MR) is 76.8 cm³/mol. The largest absolute Gasteiger partial charge is 0.508 e. The number of hydrogen-bond donors (Lipinski definition) is 2. The highest BCUT2D eigenvalue weighted by Gasteiger charge is 2.16. The second kappa shape index (κ2) is 4.94. The average Bonchev–Trinajstić information content (AvgIpc) is 2.41. The van der Waals surface area contributed by atoms with E-state index in [1.807, 2.05) is 18.2 Å². The van der Waals surface area contributed by atoms with Crippen LogP contribution < -0.4 is 5.73 Å². The Labute approximate surface area is 113 Å². The van der Waals surface area contributed by atoms with Crippen molar-refractivity contribution in [2.75, 3.05) is 12.3 Å². The number of aromatic hydroxyl groups is 1. The third-order valence-corrected chi connectivity index (χ3v) is 3.66. The molecule has 3 rings (SSSR count). The molecule has 2 aromatic carbocycles. The van der Waals surface area contributed by atoms with E-state index in [9.17, 15) is 5.11 Å². The summed E-state index contributed by atoms with van der Waals surface area (Å²) in [6.07, 6.45) is 1.08. The molecule has 0 bridgehead atoms. The van der Waals surface area contributed by atoms with Gasteiger partial charge in [0, 0.05) is 25.3 Å². The van der Waals surface area contributed by atoms with Crippen LogP contribution in [0.4, 0.5) is 5.69 Å². The van der Waals surface area contributed by atoms with Crippen LogP contribution >= 0.6 is 0 Å². The molecule has 0 spiro atoms. The normalized spacial score (nSPS) is 15.2. The molecule has 0 radical (unpaired) electrons. The third-order valence-electron chi connectivity index (χ3n) is 3.66. The van der Waals surface area contributed by atoms with Gasteiger partial charge >= 0.3 is 0 Å². The number of anilines is 1. The number of benzene rings is 2. The highest BCUT2D eigenvalue weighted by atomic mass is 16.3. The molecule has 3 N–H and O–H groups in total. The molecule has 19 heavy (non-hydrogen) atoms. The number of nitrogen functional groups attached to an aromatic ring is 1. The second-order valence-corrected chi connectivity index (χ2v) is 5.16. The van der Waals surface area contributed by atoms with E-state index in [0.29, 0.717) is 5.75 Å². The topological polar surface area (TPSA) is 49.5 Å². The second-order valence-electron chi connectivity index (χ2n) is 5.16. The van der Waals surface area contributed by atoms with Crippen LogP contribution in [0.25, 0.3) is 0 Å². The van der Waals surface area contributed by atoms with Crippen molar-refractivity contribution in [3.05, 3.63) is 59.2 Å². The summed E-state index contributed by atoms with van der Waals surface area (Å²) in [4.78, 5) is 2.41. The lowest BCUT2D eigenvalue weighted by molar-refractivity contribution is 0.245. The maximum absolute atomic E-state index is 9.30. The standard InChI is InChI=1S/C16H18N2O/c17-15-4-3-13-7-8-18(11-14(13)9-15)10-12-1-5-16(19)6-2-12/h1-6,9,19H,7-8,10-11,17H2. The van der Waals surface area contributed by atoms with Crippen molar-refractivity contribution in [2.45, 2.75) is 19.5 Å². The summed E-state index contributed by atoms with van der Waals surface area (Å²) in [5.41, 5.74) is 10.7. The minimum Gasteiger partial charge on any atom is -0.508 e. The van der Waals surface area contributed by atoms with Crippen LogP contribution in [0.1, 0.15) is 16.7 Å². The fraction of sp³-hybridized carbons (Fsp3) is 0.250. The maximum atomic E-state index is 9.30. The molecule has 0 saturated carbocycles. The number of nitrogens with two attached hydrogens (primary N) is 1. The maximum Gasteiger partial charge on any atom is 0.115 e. The van der Waals surface area contributed by atoms with Gasteiger partial charge in [0.2, 0.25) is 0 Å². The van der Waals surface area contributed by atoms with Gasteiger partial charge in [-0.2, -0.15) is 0 Å². The van der Waals surface area contributed by atoms with E-state index >= 15 is 0 Å². The van der Waals surface area contributed by atoms with Crippen molar-refractivity contribution in [3.8, 4) is 5.75 Å². The first-order valence-corrected chi connectivity index (χ1v) is 6.58. The Kier molecular flexibility index (Phi) is 3.13. The van der Waals surface area contributed by atoms with Crippen LogP contribution in [0.15, 0.2) is 42.5 Å². The van der Waals surface area contributed by atoms with Crippen molar-refractivity contribution in [1.29, 1.82) is 0 Å². The Bertz CT molecular complexity index is 578. The monoisotopic (exact) mass is 254 g/mol. The minimum atomic E-state index is 0.320. The molecule has 1 heterocycles. The molecule has 0 fully saturated rings. The van der Waals surface area contributed by atoms with Crippen LogP contribution in [-0.4, -0.2) is 16.6 Å². The molecule has 1 aliphatic heterocycles. The molecular weight excluding hydrogens is 236 g/mol. The molecule has 0 aliphatic carbocycles. The van der Waals surface area contributed by atoms with Gasteiger partial charge in [-0.3, -0.25) is 4.90 Å². The summed E-state index contributed by atoms with van der Waals surface area (Å²) in [6.45, 7) is 2.92. The Morgan fingerprint density at radius 3 is 2.63 bits per heavy atom. The lowest BCUT2D eigenvalue weighted by Crippen LogP contribution is -2.30. The van der Waals surface area contributed by atoms with Crippen molar-refractivity contribution < 1.29 is 5.11 Å². The molecule has 3 nitrogen and oxygen atoms in total. The Morgan fingerprint density at radius 1 is 1.05 bits per heavy atom. The number of rotatable bonds is 2. The van der Waals surface area contributed by atoms with Gasteiger partial charge < -0.3 is 10.8 Å². The van der Waals surface area contributed by atoms with E-state index in [4.69, 9.17) is 5.73 Å². The van der Waals surface area contributed by atoms with Crippen LogP contribution in [0.2, 0.25) is 0 Å². The highest BCUT2D eigenvalue weighted by Crippen LogP contribution is 2.23. The van der Waals surface area contributed by atoms with E-state index in [1.165, 1.54) is 16.7 Å². The third kappa shape index (κ3) is 2.71. The quantitative estimate of drug-likeness (QED) is 0.810. The average molecular weight is 254 g/mol. The summed E-state index contributed by atoms with van der Waals surface area (Å²) in [6, 6.07) is 13.6. The smallest absolute Gasteiger partial charge is 0.115 e. The number of fused-ring (bicyclic) bond motifs is 1. The molecule has 0 unspecified atom stereocenters. The van der Waals surface area contributed by atoms with Crippen LogP contribution in [0.5, 0.6) is 5.75 Å². The highest BCUT2D eigenvalue weighted by molar-refractivity contribution is 5.45. The zero-order chi connectivity index (χ0) is 13.2. The van der Waals surface area contributed by atoms with Crippen molar-refractivity contribution >= 4 is 5.69 Å². The minimum absolute atomic E-state index is 0.320. The zero-order valence-corrected chi connectivity index (χ0v) is 10.8. The van der Waals surface area contributed by atoms with Crippen molar-refractivity contribution in [1.82, 2.24) is 4.90 Å². The molecule has 98 valence electrons. The summed E-state index contributed by atoms with van der Waals surface area (Å²) in [5.74, 6) is 0.320. The van der Waals surface area contributed by atoms with Gasteiger partial charge in [0.25, 0.3) is 0 Å². The van der Waals surface area contributed by atoms with Gasteiger partial charge in [0.15, 0.2) is 0 Å². The summed E-state index contributed by atoms with van der Waals surface area (Å²) < 4.78 is 0. The fourth-order valence-electron chi connectivity index (χ4n) is 2.63. The molecule has 0 saturated heterocycles. The lowest BCUT2D eigenvalue weighted by atomic mass is 9.99. The fourth-order valence-corrected chi connectivity index (χ4v) is 2.63. The Balaban J connectivity index is 1.73. The van der Waals surface area contributed by atoms with Gasteiger partial charge in [-0.15, -0.1) is 0 Å². The van der Waals surface area contributed by atoms with E-state index in [1.54, 1.807) is 12.1 Å². The molecule has 0 amide bonds. The van der Waals surface area contributed by atoms with Crippen LogP contribution in [0.3, 0.4) is 0 Å². The zero-order valence-electron chi connectivity index (χ0n) is 10.8. The molecule has 1 aliphatic rings. The summed E-state index contributed by atoms with van der Waals surface area (Å²) in [5, 5.41) is 9.30. The van der Waals surface area contributed by atoms with Gasteiger partial charge in [-0.05, 0) is 47.4 Å².